The van der Waals surface area contributed by atoms with E-state index in [0.29, 0.717) is 31.0 Å². The fraction of sp³-hybridized carbons (Fsp3) is 0.579. The Labute approximate surface area is 169 Å². The number of anilines is 2. The zero-order valence-corrected chi connectivity index (χ0v) is 17.0. The number of benzene rings is 1. The third-order valence-electron chi connectivity index (χ3n) is 4.11. The third kappa shape index (κ3) is 6.47. The Morgan fingerprint density at radius 1 is 1.45 bits per heavy atom. The molecule has 1 aliphatic rings. The highest BCUT2D eigenvalue weighted by molar-refractivity contribution is 5.90. The summed E-state index contributed by atoms with van der Waals surface area (Å²) in [6.07, 6.45) is -1.80. The lowest BCUT2D eigenvalue weighted by Crippen LogP contribution is -2.40. The molecular formula is C19H29FN4O5. The van der Waals surface area contributed by atoms with Crippen molar-refractivity contribution in [3.8, 4) is 0 Å². The van der Waals surface area contributed by atoms with Crippen molar-refractivity contribution in [2.75, 3.05) is 49.1 Å². The molecule has 4 N–H and O–H groups in total. The number of rotatable bonds is 8. The van der Waals surface area contributed by atoms with Gasteiger partial charge in [0, 0.05) is 26.2 Å². The van der Waals surface area contributed by atoms with Crippen molar-refractivity contribution >= 4 is 23.6 Å². The standard InChI is InChI=1S/C19H29FN4O5/c1-19(2,3)29-17(26)22-7-9-23(8-6-21)16-5-4-13(10-15(16)20)24-11-14(12-25)28-18(24)27/h4-5,10,14,25H,6-9,11-12,21H2,1-3H3,(H,22,26)/t14-/m1/s1. The SMILES string of the molecule is CC(C)(C)OC(=O)NCCN(CCN)c1ccc(N2C[C@H](CO)OC2=O)cc1F. The molecule has 162 valence electrons. The molecule has 1 atom stereocenters. The Morgan fingerprint density at radius 2 is 2.17 bits per heavy atom. The number of aliphatic hydroxyl groups excluding tert-OH is 1. The zero-order chi connectivity index (χ0) is 21.6. The molecule has 29 heavy (non-hydrogen) atoms. The number of cyclic esters (lactones) is 1. The van der Waals surface area contributed by atoms with Crippen molar-refractivity contribution in [3.63, 3.8) is 0 Å². The largest absolute Gasteiger partial charge is 0.444 e. The first-order chi connectivity index (χ1) is 13.6. The van der Waals surface area contributed by atoms with Gasteiger partial charge in [0.1, 0.15) is 17.5 Å². The van der Waals surface area contributed by atoms with Gasteiger partial charge < -0.3 is 30.5 Å². The van der Waals surface area contributed by atoms with Crippen molar-refractivity contribution < 1.29 is 28.6 Å². The second kappa shape index (κ2) is 9.75. The maximum absolute atomic E-state index is 14.8. The van der Waals surface area contributed by atoms with Crippen LogP contribution >= 0.6 is 0 Å². The third-order valence-corrected chi connectivity index (χ3v) is 4.11. The van der Waals surface area contributed by atoms with E-state index in [4.69, 9.17) is 20.3 Å². The molecule has 0 unspecified atom stereocenters. The number of hydrogen-bond donors (Lipinski definition) is 3. The van der Waals surface area contributed by atoms with Crippen LogP contribution < -0.4 is 20.9 Å². The summed E-state index contributed by atoms with van der Waals surface area (Å²) in [5.74, 6) is -0.534. The van der Waals surface area contributed by atoms with Gasteiger partial charge in [0.15, 0.2) is 0 Å². The van der Waals surface area contributed by atoms with Crippen molar-refractivity contribution in [3.05, 3.63) is 24.0 Å². The summed E-state index contributed by atoms with van der Waals surface area (Å²) in [4.78, 5) is 26.6. The summed E-state index contributed by atoms with van der Waals surface area (Å²) in [6, 6.07) is 4.39. The second-order valence-corrected chi connectivity index (χ2v) is 7.64. The Kier molecular flexibility index (Phi) is 7.63. The Morgan fingerprint density at radius 3 is 2.72 bits per heavy atom. The number of hydrogen-bond acceptors (Lipinski definition) is 7. The molecule has 1 saturated heterocycles. The summed E-state index contributed by atoms with van der Waals surface area (Å²) in [6.45, 7) is 6.40. The summed E-state index contributed by atoms with van der Waals surface area (Å²) >= 11 is 0. The fourth-order valence-electron chi connectivity index (χ4n) is 2.86. The van der Waals surface area contributed by atoms with Crippen LogP contribution in [0, 0.1) is 5.82 Å². The highest BCUT2D eigenvalue weighted by Crippen LogP contribution is 2.27. The fourth-order valence-corrected chi connectivity index (χ4v) is 2.86. The van der Waals surface area contributed by atoms with Gasteiger partial charge in [-0.2, -0.15) is 0 Å². The van der Waals surface area contributed by atoms with Crippen LogP contribution in [0.15, 0.2) is 18.2 Å². The summed E-state index contributed by atoms with van der Waals surface area (Å²) in [7, 11) is 0. The molecule has 1 aromatic rings. The molecule has 1 heterocycles. The predicted octanol–water partition coefficient (Wildman–Crippen LogP) is 1.43. The Bertz CT molecular complexity index is 725. The van der Waals surface area contributed by atoms with Crippen LogP contribution in [0.5, 0.6) is 0 Å². The van der Waals surface area contributed by atoms with Gasteiger partial charge in [-0.1, -0.05) is 0 Å². The zero-order valence-electron chi connectivity index (χ0n) is 17.0. The van der Waals surface area contributed by atoms with Gasteiger partial charge in [0.25, 0.3) is 0 Å². The number of halogens is 1. The van der Waals surface area contributed by atoms with Gasteiger partial charge in [-0.3, -0.25) is 4.90 Å². The number of carbonyl (C=O) groups excluding carboxylic acids is 2. The maximum Gasteiger partial charge on any atom is 0.414 e. The summed E-state index contributed by atoms with van der Waals surface area (Å²) in [5.41, 5.74) is 5.68. The quantitative estimate of drug-likeness (QED) is 0.591. The number of nitrogens with one attached hydrogen (secondary N) is 1. The number of ether oxygens (including phenoxy) is 2. The van der Waals surface area contributed by atoms with E-state index >= 15 is 0 Å². The summed E-state index contributed by atoms with van der Waals surface area (Å²) < 4.78 is 24.9. The van der Waals surface area contributed by atoms with Crippen LogP contribution in [0.4, 0.5) is 25.4 Å². The number of nitrogens with two attached hydrogens (primary N) is 1. The smallest absolute Gasteiger partial charge is 0.414 e. The topological polar surface area (TPSA) is 117 Å². The second-order valence-electron chi connectivity index (χ2n) is 7.64. The molecular weight excluding hydrogens is 383 g/mol. The first-order valence-corrected chi connectivity index (χ1v) is 9.45. The van der Waals surface area contributed by atoms with Crippen molar-refractivity contribution in [1.82, 2.24) is 5.32 Å². The van der Waals surface area contributed by atoms with E-state index < -0.39 is 29.7 Å². The van der Waals surface area contributed by atoms with Crippen molar-refractivity contribution in [2.24, 2.45) is 5.73 Å². The summed E-state index contributed by atoms with van der Waals surface area (Å²) in [5, 5.41) is 11.8. The van der Waals surface area contributed by atoms with Crippen LogP contribution in [-0.4, -0.2) is 68.3 Å². The highest BCUT2D eigenvalue weighted by Gasteiger charge is 2.32. The number of aliphatic hydroxyl groups is 1. The minimum absolute atomic E-state index is 0.153. The molecule has 1 aromatic carbocycles. The lowest BCUT2D eigenvalue weighted by atomic mass is 10.2. The van der Waals surface area contributed by atoms with Gasteiger partial charge in [-0.25, -0.2) is 14.0 Å². The van der Waals surface area contributed by atoms with Crippen LogP contribution in [-0.2, 0) is 9.47 Å². The van der Waals surface area contributed by atoms with E-state index in [1.165, 1.54) is 11.0 Å². The molecule has 0 radical (unpaired) electrons. The normalized spacial score (nSPS) is 16.6. The van der Waals surface area contributed by atoms with Crippen LogP contribution in [0.2, 0.25) is 0 Å². The maximum atomic E-state index is 14.8. The van der Waals surface area contributed by atoms with Crippen molar-refractivity contribution in [2.45, 2.75) is 32.5 Å². The number of carbonyl (C=O) groups is 2. The molecule has 2 amide bonds. The van der Waals surface area contributed by atoms with Crippen LogP contribution in [0.1, 0.15) is 20.8 Å². The van der Waals surface area contributed by atoms with Gasteiger partial charge in [0.05, 0.1) is 24.5 Å². The van der Waals surface area contributed by atoms with E-state index in [1.807, 2.05) is 0 Å². The number of alkyl carbamates (subject to hydrolysis) is 1. The average Bonchev–Trinajstić information content (AvgIpc) is 3.00. The highest BCUT2D eigenvalue weighted by atomic mass is 19.1. The number of nitrogens with zero attached hydrogens (tertiary/aromatic N) is 2. The predicted molar refractivity (Wildman–Crippen MR) is 107 cm³/mol. The lowest BCUT2D eigenvalue weighted by molar-refractivity contribution is 0.0529. The molecule has 0 aliphatic carbocycles. The molecule has 0 bridgehead atoms. The van der Waals surface area contributed by atoms with Crippen molar-refractivity contribution in [1.29, 1.82) is 0 Å². The van der Waals surface area contributed by atoms with Crippen LogP contribution in [0.3, 0.4) is 0 Å². The molecule has 10 heteroatoms. The first-order valence-electron chi connectivity index (χ1n) is 9.45. The molecule has 1 fully saturated rings. The minimum atomic E-state index is -0.628. The monoisotopic (exact) mass is 412 g/mol. The first kappa shape index (κ1) is 22.7. The molecule has 0 aromatic heterocycles. The molecule has 9 nitrogen and oxygen atoms in total. The number of amides is 2. The molecule has 0 spiro atoms. The van der Waals surface area contributed by atoms with E-state index in [0.717, 1.165) is 0 Å². The van der Waals surface area contributed by atoms with Crippen LogP contribution in [0.25, 0.3) is 0 Å². The molecule has 2 rings (SSSR count). The van der Waals surface area contributed by atoms with E-state index in [2.05, 4.69) is 5.32 Å². The minimum Gasteiger partial charge on any atom is -0.444 e. The van der Waals surface area contributed by atoms with Gasteiger partial charge >= 0.3 is 12.2 Å². The molecule has 0 saturated carbocycles. The lowest BCUT2D eigenvalue weighted by Gasteiger charge is -2.26. The Balaban J connectivity index is 2.03. The van der Waals surface area contributed by atoms with E-state index in [9.17, 15) is 14.0 Å². The Hall–Kier alpha value is -2.59. The van der Waals surface area contributed by atoms with E-state index in [1.54, 1.807) is 37.8 Å². The molecule has 1 aliphatic heterocycles. The van der Waals surface area contributed by atoms with E-state index in [-0.39, 0.29) is 19.7 Å². The average molecular weight is 412 g/mol. The van der Waals surface area contributed by atoms with Gasteiger partial charge in [-0.05, 0) is 39.0 Å². The van der Waals surface area contributed by atoms with Gasteiger partial charge in [0.2, 0.25) is 0 Å². The van der Waals surface area contributed by atoms with Gasteiger partial charge in [-0.15, -0.1) is 0 Å².